The van der Waals surface area contributed by atoms with Crippen molar-refractivity contribution in [3.8, 4) is 11.3 Å². The van der Waals surface area contributed by atoms with Gasteiger partial charge in [-0.15, -0.1) is 0 Å². The third-order valence-corrected chi connectivity index (χ3v) is 2.57. The molecule has 0 saturated carbocycles. The Morgan fingerprint density at radius 1 is 1.21 bits per heavy atom. The molecular weight excluding hydrogens is 257 g/mol. The summed E-state index contributed by atoms with van der Waals surface area (Å²) < 4.78 is 45.1. The highest BCUT2D eigenvalue weighted by Crippen LogP contribution is 2.27. The van der Waals surface area contributed by atoms with Crippen molar-refractivity contribution in [2.75, 3.05) is 13.1 Å². The predicted molar refractivity (Wildman–Crippen MR) is 64.1 cm³/mol. The number of benzene rings is 1. The number of aromatic nitrogens is 1. The normalized spacial score (nSPS) is 10.9. The molecule has 0 spiro atoms. The molecule has 0 bridgehead atoms. The second kappa shape index (κ2) is 5.88. The summed E-state index contributed by atoms with van der Waals surface area (Å²) in [5.41, 5.74) is -0.399. The minimum absolute atomic E-state index is 0.0403. The van der Waals surface area contributed by atoms with Crippen LogP contribution in [0.15, 0.2) is 22.7 Å². The van der Waals surface area contributed by atoms with Crippen LogP contribution in [0.25, 0.3) is 11.3 Å². The third-order valence-electron chi connectivity index (χ3n) is 2.57. The predicted octanol–water partition coefficient (Wildman–Crippen LogP) is 2.91. The second-order valence-corrected chi connectivity index (χ2v) is 3.97. The topological polar surface area (TPSA) is 38.1 Å². The molecule has 0 atom stereocenters. The number of hydrogen-bond donors (Lipinski definition) is 1. The minimum Gasteiger partial charge on any atom is -0.440 e. The molecule has 3 nitrogen and oxygen atoms in total. The monoisotopic (exact) mass is 270 g/mol. The van der Waals surface area contributed by atoms with Gasteiger partial charge in [0.15, 0.2) is 11.7 Å². The highest BCUT2D eigenvalue weighted by molar-refractivity contribution is 5.58. The summed E-state index contributed by atoms with van der Waals surface area (Å²) in [6.07, 6.45) is 1.75. The Kier molecular flexibility index (Phi) is 4.21. The van der Waals surface area contributed by atoms with Gasteiger partial charge in [-0.1, -0.05) is 6.92 Å². The van der Waals surface area contributed by atoms with Crippen molar-refractivity contribution in [3.63, 3.8) is 0 Å². The molecule has 6 heteroatoms. The maximum atomic E-state index is 13.5. The van der Waals surface area contributed by atoms with E-state index in [1.807, 2.05) is 6.92 Å². The van der Waals surface area contributed by atoms with Crippen LogP contribution in [0, 0.1) is 17.5 Å². The average molecular weight is 270 g/mol. The summed E-state index contributed by atoms with van der Waals surface area (Å²) in [4.78, 5) is 3.94. The Morgan fingerprint density at radius 3 is 2.53 bits per heavy atom. The Morgan fingerprint density at radius 2 is 1.89 bits per heavy atom. The molecule has 2 rings (SSSR count). The maximum absolute atomic E-state index is 13.5. The molecule has 19 heavy (non-hydrogen) atoms. The molecule has 2 aromatic rings. The van der Waals surface area contributed by atoms with Gasteiger partial charge in [-0.2, -0.15) is 0 Å². The van der Waals surface area contributed by atoms with Gasteiger partial charge in [-0.05, 0) is 6.54 Å². The van der Waals surface area contributed by atoms with Crippen LogP contribution in [-0.4, -0.2) is 18.1 Å². The highest BCUT2D eigenvalue weighted by atomic mass is 19.1. The van der Waals surface area contributed by atoms with Gasteiger partial charge in [0.25, 0.3) is 0 Å². The Bertz CT molecular complexity index is 546. The van der Waals surface area contributed by atoms with Gasteiger partial charge < -0.3 is 9.73 Å². The summed E-state index contributed by atoms with van der Waals surface area (Å²) >= 11 is 0. The van der Waals surface area contributed by atoms with E-state index >= 15 is 0 Å². The Labute approximate surface area is 108 Å². The standard InChI is InChI=1S/C13H13F3N2O/c1-2-17-4-3-12-18-7-11(19-12)13-9(15)5-8(14)6-10(13)16/h5-7,17H,2-4H2,1H3. The van der Waals surface area contributed by atoms with Crippen molar-refractivity contribution in [2.45, 2.75) is 13.3 Å². The van der Waals surface area contributed by atoms with Crippen LogP contribution < -0.4 is 5.32 Å². The Balaban J connectivity index is 2.23. The van der Waals surface area contributed by atoms with Crippen molar-refractivity contribution in [1.29, 1.82) is 0 Å². The zero-order chi connectivity index (χ0) is 13.8. The molecule has 1 aromatic carbocycles. The molecule has 0 fully saturated rings. The van der Waals surface area contributed by atoms with Gasteiger partial charge in [0.2, 0.25) is 0 Å². The van der Waals surface area contributed by atoms with Crippen molar-refractivity contribution in [3.05, 3.63) is 41.7 Å². The maximum Gasteiger partial charge on any atom is 0.196 e. The number of hydrogen-bond acceptors (Lipinski definition) is 3. The first-order valence-electron chi connectivity index (χ1n) is 5.92. The molecule has 0 radical (unpaired) electrons. The van der Waals surface area contributed by atoms with Crippen molar-refractivity contribution >= 4 is 0 Å². The molecular formula is C13H13F3N2O. The first kappa shape index (κ1) is 13.6. The van der Waals surface area contributed by atoms with Crippen LogP contribution >= 0.6 is 0 Å². The van der Waals surface area contributed by atoms with E-state index in [2.05, 4.69) is 10.3 Å². The van der Waals surface area contributed by atoms with E-state index in [1.54, 1.807) is 0 Å². The average Bonchev–Trinajstić information content (AvgIpc) is 2.76. The van der Waals surface area contributed by atoms with Gasteiger partial charge in [0.05, 0.1) is 11.8 Å². The number of oxazole rings is 1. The molecule has 0 unspecified atom stereocenters. The van der Waals surface area contributed by atoms with E-state index in [-0.39, 0.29) is 5.76 Å². The lowest BCUT2D eigenvalue weighted by molar-refractivity contribution is 0.485. The van der Waals surface area contributed by atoms with Crippen molar-refractivity contribution in [2.24, 2.45) is 0 Å². The third kappa shape index (κ3) is 3.14. The lowest BCUT2D eigenvalue weighted by Gasteiger charge is -2.01. The number of likely N-dealkylation sites (N-methyl/N-ethyl adjacent to an activating group) is 1. The molecule has 0 aliphatic heterocycles. The molecule has 0 amide bonds. The smallest absolute Gasteiger partial charge is 0.196 e. The van der Waals surface area contributed by atoms with Gasteiger partial charge in [0.1, 0.15) is 17.5 Å². The number of nitrogens with zero attached hydrogens (tertiary/aromatic N) is 1. The molecule has 0 aliphatic carbocycles. The minimum atomic E-state index is -1.01. The fourth-order valence-electron chi connectivity index (χ4n) is 1.69. The molecule has 102 valence electrons. The van der Waals surface area contributed by atoms with Crippen molar-refractivity contribution < 1.29 is 17.6 Å². The quantitative estimate of drug-likeness (QED) is 0.849. The van der Waals surface area contributed by atoms with Crippen LogP contribution in [0.5, 0.6) is 0 Å². The fraction of sp³-hybridized carbons (Fsp3) is 0.308. The zero-order valence-corrected chi connectivity index (χ0v) is 10.3. The number of nitrogens with one attached hydrogen (secondary N) is 1. The van der Waals surface area contributed by atoms with Crippen LogP contribution in [0.4, 0.5) is 13.2 Å². The lowest BCUT2D eigenvalue weighted by atomic mass is 10.1. The Hall–Kier alpha value is -1.82. The summed E-state index contributed by atoms with van der Waals surface area (Å²) in [6.45, 7) is 3.43. The zero-order valence-electron chi connectivity index (χ0n) is 10.3. The fourth-order valence-corrected chi connectivity index (χ4v) is 1.69. The molecule has 1 N–H and O–H groups in total. The second-order valence-electron chi connectivity index (χ2n) is 3.97. The molecule has 0 aliphatic rings. The lowest BCUT2D eigenvalue weighted by Crippen LogP contribution is -2.16. The SMILES string of the molecule is CCNCCc1ncc(-c2c(F)cc(F)cc2F)o1. The molecule has 1 heterocycles. The van der Waals surface area contributed by atoms with E-state index in [1.165, 1.54) is 6.20 Å². The molecule has 0 saturated heterocycles. The van der Waals surface area contributed by atoms with E-state index in [0.29, 0.717) is 31.0 Å². The summed E-state index contributed by atoms with van der Waals surface area (Å²) in [5.74, 6) is -2.65. The van der Waals surface area contributed by atoms with Crippen LogP contribution in [0.2, 0.25) is 0 Å². The highest BCUT2D eigenvalue weighted by Gasteiger charge is 2.17. The van der Waals surface area contributed by atoms with Crippen LogP contribution in [0.1, 0.15) is 12.8 Å². The summed E-state index contributed by atoms with van der Waals surface area (Å²) in [6, 6.07) is 1.22. The van der Waals surface area contributed by atoms with E-state index < -0.39 is 23.0 Å². The summed E-state index contributed by atoms with van der Waals surface area (Å²) in [7, 11) is 0. The van der Waals surface area contributed by atoms with E-state index in [9.17, 15) is 13.2 Å². The first-order valence-corrected chi connectivity index (χ1v) is 5.92. The van der Waals surface area contributed by atoms with Crippen LogP contribution in [-0.2, 0) is 6.42 Å². The number of halogens is 3. The first-order chi connectivity index (χ1) is 9.11. The van der Waals surface area contributed by atoms with E-state index in [4.69, 9.17) is 4.42 Å². The summed E-state index contributed by atoms with van der Waals surface area (Å²) in [5, 5.41) is 3.08. The largest absolute Gasteiger partial charge is 0.440 e. The van der Waals surface area contributed by atoms with Gasteiger partial charge in [-0.3, -0.25) is 0 Å². The van der Waals surface area contributed by atoms with Gasteiger partial charge >= 0.3 is 0 Å². The van der Waals surface area contributed by atoms with Gasteiger partial charge in [0, 0.05) is 25.1 Å². The van der Waals surface area contributed by atoms with Crippen LogP contribution in [0.3, 0.4) is 0 Å². The molecule has 1 aromatic heterocycles. The van der Waals surface area contributed by atoms with E-state index in [0.717, 1.165) is 6.54 Å². The van der Waals surface area contributed by atoms with Crippen molar-refractivity contribution in [1.82, 2.24) is 10.3 Å². The number of rotatable bonds is 5. The van der Waals surface area contributed by atoms with Gasteiger partial charge in [-0.25, -0.2) is 18.2 Å².